The van der Waals surface area contributed by atoms with Crippen molar-refractivity contribution in [2.75, 3.05) is 6.54 Å². The Kier molecular flexibility index (Phi) is 6.76. The molecule has 0 spiro atoms. The molecule has 0 radical (unpaired) electrons. The summed E-state index contributed by atoms with van der Waals surface area (Å²) in [4.78, 5) is 0. The number of nitrogens with one attached hydrogen (secondary N) is 1. The van der Waals surface area contributed by atoms with E-state index >= 15 is 0 Å². The summed E-state index contributed by atoms with van der Waals surface area (Å²) in [5, 5.41) is 13.7. The quantitative estimate of drug-likeness (QED) is 0.796. The molecule has 0 fully saturated rings. The molecule has 0 amide bonds. The van der Waals surface area contributed by atoms with E-state index in [2.05, 4.69) is 19.2 Å². The molecule has 4 heteroatoms. The minimum atomic E-state index is -0.364. The lowest BCUT2D eigenvalue weighted by atomic mass is 9.96. The fourth-order valence-electron chi connectivity index (χ4n) is 2.26. The molecule has 1 aromatic carbocycles. The summed E-state index contributed by atoms with van der Waals surface area (Å²) in [7, 11) is 0. The van der Waals surface area contributed by atoms with E-state index in [0.29, 0.717) is 17.5 Å². The summed E-state index contributed by atoms with van der Waals surface area (Å²) in [6.45, 7) is 6.63. The molecule has 0 saturated heterocycles. The van der Waals surface area contributed by atoms with Gasteiger partial charge in [0.05, 0.1) is 6.10 Å². The maximum Gasteiger partial charge on any atom is 0.124 e. The summed E-state index contributed by atoms with van der Waals surface area (Å²) in [6.07, 6.45) is 1.56. The lowest BCUT2D eigenvalue weighted by Gasteiger charge is -2.23. The van der Waals surface area contributed by atoms with Gasteiger partial charge in [-0.15, -0.1) is 0 Å². The molecule has 0 saturated carbocycles. The summed E-state index contributed by atoms with van der Waals surface area (Å²) in [5.74, 6) is -0.0265. The van der Waals surface area contributed by atoms with E-state index in [0.717, 1.165) is 18.4 Å². The average Bonchev–Trinajstić information content (AvgIpc) is 2.37. The Bertz CT molecular complexity index is 396. The van der Waals surface area contributed by atoms with Crippen LogP contribution in [0.5, 0.6) is 0 Å². The van der Waals surface area contributed by atoms with Crippen LogP contribution in [0.4, 0.5) is 4.39 Å². The highest BCUT2D eigenvalue weighted by Crippen LogP contribution is 2.24. The molecule has 2 unspecified atom stereocenters. The molecular weight excluding hydrogens is 265 g/mol. The van der Waals surface area contributed by atoms with Gasteiger partial charge in [-0.2, -0.15) is 0 Å². The molecule has 19 heavy (non-hydrogen) atoms. The number of hydrogen-bond acceptors (Lipinski definition) is 2. The van der Waals surface area contributed by atoms with Gasteiger partial charge in [-0.3, -0.25) is 0 Å². The molecule has 0 aliphatic rings. The largest absolute Gasteiger partial charge is 0.392 e. The predicted octanol–water partition coefficient (Wildman–Crippen LogP) is 3.93. The van der Waals surface area contributed by atoms with E-state index in [1.165, 1.54) is 12.1 Å². The van der Waals surface area contributed by atoms with E-state index in [4.69, 9.17) is 11.6 Å². The number of hydrogen-bond donors (Lipinski definition) is 2. The van der Waals surface area contributed by atoms with Crippen molar-refractivity contribution in [1.29, 1.82) is 0 Å². The van der Waals surface area contributed by atoms with Gasteiger partial charge in [0, 0.05) is 17.6 Å². The predicted molar refractivity (Wildman–Crippen MR) is 77.9 cm³/mol. The van der Waals surface area contributed by atoms with Crippen molar-refractivity contribution in [1.82, 2.24) is 5.32 Å². The topological polar surface area (TPSA) is 32.3 Å². The van der Waals surface area contributed by atoms with Crippen LogP contribution in [0.25, 0.3) is 0 Å². The third kappa shape index (κ3) is 4.75. The lowest BCUT2D eigenvalue weighted by molar-refractivity contribution is 0.0989. The van der Waals surface area contributed by atoms with E-state index < -0.39 is 0 Å². The number of rotatable bonds is 7. The fourth-order valence-corrected chi connectivity index (χ4v) is 2.59. The van der Waals surface area contributed by atoms with Crippen molar-refractivity contribution >= 4 is 11.6 Å². The second-order valence-corrected chi connectivity index (χ2v) is 5.35. The minimum absolute atomic E-state index is 0.0166. The van der Waals surface area contributed by atoms with Crippen LogP contribution in [-0.4, -0.2) is 17.8 Å². The fraction of sp³-hybridized carbons (Fsp3) is 0.600. The summed E-state index contributed by atoms with van der Waals surface area (Å²) in [6, 6.07) is 4.37. The van der Waals surface area contributed by atoms with Crippen molar-refractivity contribution < 1.29 is 9.50 Å². The second kappa shape index (κ2) is 7.83. The Balaban J connectivity index is 2.57. The maximum absolute atomic E-state index is 13.0. The molecule has 2 atom stereocenters. The van der Waals surface area contributed by atoms with Gasteiger partial charge in [-0.05, 0) is 30.5 Å². The van der Waals surface area contributed by atoms with E-state index in [-0.39, 0.29) is 18.0 Å². The molecular formula is C15H23ClFNO. The third-order valence-electron chi connectivity index (χ3n) is 3.66. The van der Waals surface area contributed by atoms with Crippen LogP contribution in [-0.2, 0) is 0 Å². The van der Waals surface area contributed by atoms with Crippen LogP contribution in [0, 0.1) is 11.7 Å². The van der Waals surface area contributed by atoms with Crippen LogP contribution < -0.4 is 5.32 Å². The SMILES string of the molecule is CCC(CC)C(O)CNC(C)c1ccc(F)cc1Cl. The summed E-state index contributed by atoms with van der Waals surface area (Å²) < 4.78 is 13.0. The van der Waals surface area contributed by atoms with Crippen LogP contribution in [0.3, 0.4) is 0 Å². The summed E-state index contributed by atoms with van der Waals surface area (Å²) in [5.41, 5.74) is 0.847. The van der Waals surface area contributed by atoms with Gasteiger partial charge < -0.3 is 10.4 Å². The Morgan fingerprint density at radius 3 is 2.47 bits per heavy atom. The molecule has 108 valence electrons. The molecule has 2 N–H and O–H groups in total. The van der Waals surface area contributed by atoms with Crippen LogP contribution >= 0.6 is 11.6 Å². The van der Waals surface area contributed by atoms with Crippen molar-refractivity contribution in [3.05, 3.63) is 34.6 Å². The van der Waals surface area contributed by atoms with Crippen molar-refractivity contribution in [3.8, 4) is 0 Å². The highest BCUT2D eigenvalue weighted by atomic mass is 35.5. The number of benzene rings is 1. The second-order valence-electron chi connectivity index (χ2n) is 4.94. The smallest absolute Gasteiger partial charge is 0.124 e. The van der Waals surface area contributed by atoms with E-state index in [9.17, 15) is 9.50 Å². The van der Waals surface area contributed by atoms with Crippen LogP contribution in [0.15, 0.2) is 18.2 Å². The normalized spacial score (nSPS) is 14.7. The van der Waals surface area contributed by atoms with Gasteiger partial charge in [-0.25, -0.2) is 4.39 Å². The highest BCUT2D eigenvalue weighted by molar-refractivity contribution is 6.31. The minimum Gasteiger partial charge on any atom is -0.392 e. The molecule has 0 bridgehead atoms. The van der Waals surface area contributed by atoms with Crippen molar-refractivity contribution in [2.24, 2.45) is 5.92 Å². The molecule has 1 rings (SSSR count). The standard InChI is InChI=1S/C15H23ClFNO/c1-4-11(5-2)15(19)9-18-10(3)13-7-6-12(17)8-14(13)16/h6-8,10-11,15,18-19H,4-5,9H2,1-3H3. The van der Waals surface area contributed by atoms with Crippen molar-refractivity contribution in [3.63, 3.8) is 0 Å². The monoisotopic (exact) mass is 287 g/mol. The number of aliphatic hydroxyl groups is 1. The van der Waals surface area contributed by atoms with Crippen molar-refractivity contribution in [2.45, 2.75) is 45.8 Å². The Morgan fingerprint density at radius 2 is 1.95 bits per heavy atom. The molecule has 2 nitrogen and oxygen atoms in total. The third-order valence-corrected chi connectivity index (χ3v) is 3.98. The Hall–Kier alpha value is -0.640. The molecule has 1 aromatic rings. The van der Waals surface area contributed by atoms with Gasteiger partial charge in [0.2, 0.25) is 0 Å². The van der Waals surface area contributed by atoms with E-state index in [1.54, 1.807) is 6.07 Å². The van der Waals surface area contributed by atoms with Gasteiger partial charge in [0.25, 0.3) is 0 Å². The van der Waals surface area contributed by atoms with Gasteiger partial charge >= 0.3 is 0 Å². The number of aliphatic hydroxyl groups excluding tert-OH is 1. The molecule has 0 aliphatic carbocycles. The Morgan fingerprint density at radius 1 is 1.32 bits per heavy atom. The molecule has 0 aromatic heterocycles. The maximum atomic E-state index is 13.0. The zero-order valence-electron chi connectivity index (χ0n) is 11.8. The van der Waals surface area contributed by atoms with Crippen LogP contribution in [0.1, 0.15) is 45.2 Å². The first-order valence-corrected chi connectivity index (χ1v) is 7.23. The first-order chi connectivity index (χ1) is 8.99. The van der Waals surface area contributed by atoms with Gasteiger partial charge in [0.15, 0.2) is 0 Å². The summed E-state index contributed by atoms with van der Waals surface area (Å²) >= 11 is 6.01. The Labute approximate surface area is 120 Å². The van der Waals surface area contributed by atoms with E-state index in [1.807, 2.05) is 6.92 Å². The zero-order valence-corrected chi connectivity index (χ0v) is 12.5. The average molecular weight is 288 g/mol. The first kappa shape index (κ1) is 16.4. The molecule has 0 aliphatic heterocycles. The van der Waals surface area contributed by atoms with Gasteiger partial charge in [-0.1, -0.05) is 44.4 Å². The zero-order chi connectivity index (χ0) is 14.4. The lowest BCUT2D eigenvalue weighted by Crippen LogP contribution is -2.34. The highest BCUT2D eigenvalue weighted by Gasteiger charge is 2.17. The van der Waals surface area contributed by atoms with Gasteiger partial charge in [0.1, 0.15) is 5.82 Å². The van der Waals surface area contributed by atoms with Crippen LogP contribution in [0.2, 0.25) is 5.02 Å². The number of halogens is 2. The first-order valence-electron chi connectivity index (χ1n) is 6.85. The molecule has 0 heterocycles.